The lowest BCUT2D eigenvalue weighted by Gasteiger charge is -2.18. The Morgan fingerprint density at radius 1 is 1.17 bits per heavy atom. The second-order valence-electron chi connectivity index (χ2n) is 5.38. The lowest BCUT2D eigenvalue weighted by Crippen LogP contribution is -2.39. The van der Waals surface area contributed by atoms with Crippen molar-refractivity contribution in [1.29, 1.82) is 0 Å². The summed E-state index contributed by atoms with van der Waals surface area (Å²) in [7, 11) is 0. The van der Waals surface area contributed by atoms with Crippen molar-refractivity contribution in [2.24, 2.45) is 4.99 Å². The molecule has 1 atom stereocenters. The molecular formula is C18H25N3OS. The maximum Gasteiger partial charge on any atom is 0.191 e. The topological polar surface area (TPSA) is 56.7 Å². The fourth-order valence-electron chi connectivity index (χ4n) is 2.30. The van der Waals surface area contributed by atoms with E-state index in [2.05, 4.69) is 34.7 Å². The van der Waals surface area contributed by atoms with Crippen LogP contribution in [-0.2, 0) is 6.54 Å². The Hall–Kier alpha value is -1.85. The van der Waals surface area contributed by atoms with Gasteiger partial charge in [-0.2, -0.15) is 0 Å². The third-order valence-corrected chi connectivity index (χ3v) is 4.53. The predicted molar refractivity (Wildman–Crippen MR) is 98.1 cm³/mol. The Labute approximate surface area is 142 Å². The van der Waals surface area contributed by atoms with Crippen LogP contribution < -0.4 is 10.6 Å². The van der Waals surface area contributed by atoms with E-state index in [0.29, 0.717) is 13.1 Å². The first-order valence-electron chi connectivity index (χ1n) is 7.96. The van der Waals surface area contributed by atoms with Crippen molar-refractivity contribution in [2.75, 3.05) is 19.7 Å². The Morgan fingerprint density at radius 2 is 1.96 bits per heavy atom. The van der Waals surface area contributed by atoms with Crippen molar-refractivity contribution < 1.29 is 5.11 Å². The molecule has 0 aliphatic rings. The van der Waals surface area contributed by atoms with Gasteiger partial charge in [0.2, 0.25) is 0 Å². The molecule has 1 heterocycles. The standard InChI is InChI=1S/C18H25N3OS/c1-3-19-18(21-12-17-10-9-14(2)23-17)20-11-16(13-22)15-7-5-4-6-8-15/h4-10,16,22H,3,11-13H2,1-2H3,(H2,19,20,21). The zero-order valence-corrected chi connectivity index (χ0v) is 14.6. The first-order chi connectivity index (χ1) is 11.2. The third kappa shape index (κ3) is 5.69. The van der Waals surface area contributed by atoms with Crippen molar-refractivity contribution in [2.45, 2.75) is 26.3 Å². The fraction of sp³-hybridized carbons (Fsp3) is 0.389. The van der Waals surface area contributed by atoms with Gasteiger partial charge in [-0.15, -0.1) is 11.3 Å². The average Bonchev–Trinajstić information content (AvgIpc) is 2.99. The van der Waals surface area contributed by atoms with Crippen molar-refractivity contribution in [3.8, 4) is 0 Å². The highest BCUT2D eigenvalue weighted by Gasteiger charge is 2.10. The number of aliphatic imine (C=N–C) groups is 1. The van der Waals surface area contributed by atoms with Gasteiger partial charge in [-0.05, 0) is 31.5 Å². The Kier molecular flexibility index (Phi) is 7.10. The molecule has 0 aliphatic heterocycles. The lowest BCUT2D eigenvalue weighted by molar-refractivity contribution is 0.265. The van der Waals surface area contributed by atoms with Crippen LogP contribution in [0.3, 0.4) is 0 Å². The Balaban J connectivity index is 1.95. The van der Waals surface area contributed by atoms with Crippen molar-refractivity contribution in [3.05, 3.63) is 57.8 Å². The minimum Gasteiger partial charge on any atom is -0.396 e. The van der Waals surface area contributed by atoms with Crippen molar-refractivity contribution >= 4 is 17.3 Å². The number of guanidine groups is 1. The Bertz CT molecular complexity index is 610. The molecule has 0 saturated carbocycles. The summed E-state index contributed by atoms with van der Waals surface area (Å²) in [5.74, 6) is 0.844. The summed E-state index contributed by atoms with van der Waals surface area (Å²) >= 11 is 1.77. The predicted octanol–water partition coefficient (Wildman–Crippen LogP) is 2.89. The van der Waals surface area contributed by atoms with E-state index < -0.39 is 0 Å². The van der Waals surface area contributed by atoms with E-state index in [1.807, 2.05) is 37.3 Å². The highest BCUT2D eigenvalue weighted by Crippen LogP contribution is 2.16. The molecule has 3 N–H and O–H groups in total. The molecule has 124 valence electrons. The molecule has 23 heavy (non-hydrogen) atoms. The monoisotopic (exact) mass is 331 g/mol. The number of nitrogens with one attached hydrogen (secondary N) is 2. The number of benzene rings is 1. The average molecular weight is 331 g/mol. The molecule has 5 heteroatoms. The van der Waals surface area contributed by atoms with Crippen LogP contribution in [0.1, 0.15) is 28.2 Å². The van der Waals surface area contributed by atoms with Gasteiger partial charge in [0.1, 0.15) is 0 Å². The summed E-state index contributed by atoms with van der Waals surface area (Å²) in [4.78, 5) is 7.17. The van der Waals surface area contributed by atoms with Crippen LogP contribution in [0.15, 0.2) is 47.5 Å². The zero-order chi connectivity index (χ0) is 16.5. The van der Waals surface area contributed by atoms with Gasteiger partial charge in [0.05, 0.1) is 13.2 Å². The van der Waals surface area contributed by atoms with Crippen LogP contribution in [0.4, 0.5) is 0 Å². The van der Waals surface area contributed by atoms with Gasteiger partial charge >= 0.3 is 0 Å². The smallest absolute Gasteiger partial charge is 0.191 e. The van der Waals surface area contributed by atoms with Gasteiger partial charge in [-0.25, -0.2) is 4.99 Å². The molecule has 0 radical (unpaired) electrons. The number of aliphatic hydroxyl groups excluding tert-OH is 1. The van der Waals surface area contributed by atoms with Gasteiger partial charge in [0.25, 0.3) is 0 Å². The van der Waals surface area contributed by atoms with Crippen LogP contribution in [0, 0.1) is 6.92 Å². The molecule has 1 aromatic heterocycles. The number of aryl methyl sites for hydroxylation is 1. The van der Waals surface area contributed by atoms with E-state index >= 15 is 0 Å². The van der Waals surface area contributed by atoms with Crippen LogP contribution in [0.25, 0.3) is 0 Å². The van der Waals surface area contributed by atoms with Gasteiger partial charge in [0.15, 0.2) is 5.96 Å². The molecule has 1 aromatic carbocycles. The largest absolute Gasteiger partial charge is 0.396 e. The van der Waals surface area contributed by atoms with Crippen molar-refractivity contribution in [3.63, 3.8) is 0 Å². The molecule has 0 saturated heterocycles. The van der Waals surface area contributed by atoms with Gasteiger partial charge in [-0.3, -0.25) is 0 Å². The van der Waals surface area contributed by atoms with Gasteiger partial charge < -0.3 is 15.7 Å². The van der Waals surface area contributed by atoms with Crippen LogP contribution in [0.2, 0.25) is 0 Å². The van der Waals surface area contributed by atoms with E-state index in [4.69, 9.17) is 0 Å². The highest BCUT2D eigenvalue weighted by atomic mass is 32.1. The minimum atomic E-state index is 0.0593. The van der Waals surface area contributed by atoms with E-state index in [0.717, 1.165) is 18.1 Å². The molecule has 0 amide bonds. The number of hydrogen-bond acceptors (Lipinski definition) is 3. The second kappa shape index (κ2) is 9.33. The van der Waals surface area contributed by atoms with Crippen molar-refractivity contribution in [1.82, 2.24) is 10.6 Å². The number of rotatable bonds is 7. The molecule has 2 rings (SSSR count). The summed E-state index contributed by atoms with van der Waals surface area (Å²) in [5.41, 5.74) is 1.13. The quantitative estimate of drug-likeness (QED) is 0.540. The molecule has 1 unspecified atom stereocenters. The summed E-state index contributed by atoms with van der Waals surface area (Å²) in [6.07, 6.45) is 0. The first-order valence-corrected chi connectivity index (χ1v) is 8.78. The summed E-state index contributed by atoms with van der Waals surface area (Å²) in [6, 6.07) is 14.3. The fourth-order valence-corrected chi connectivity index (χ4v) is 3.12. The maximum atomic E-state index is 9.63. The normalized spacial score (nSPS) is 12.9. The van der Waals surface area contributed by atoms with Crippen LogP contribution in [0.5, 0.6) is 0 Å². The molecule has 0 spiro atoms. The number of nitrogens with zero attached hydrogens (tertiary/aromatic N) is 1. The van der Waals surface area contributed by atoms with Gasteiger partial charge in [0, 0.05) is 28.8 Å². The molecule has 4 nitrogen and oxygen atoms in total. The van der Waals surface area contributed by atoms with E-state index in [-0.39, 0.29) is 12.5 Å². The third-order valence-electron chi connectivity index (χ3n) is 3.54. The molecule has 0 bridgehead atoms. The van der Waals surface area contributed by atoms with Gasteiger partial charge in [-0.1, -0.05) is 30.3 Å². The zero-order valence-electron chi connectivity index (χ0n) is 13.7. The summed E-state index contributed by atoms with van der Waals surface area (Å²) in [6.45, 7) is 6.39. The number of hydrogen-bond donors (Lipinski definition) is 3. The molecule has 2 aromatic rings. The summed E-state index contributed by atoms with van der Waals surface area (Å²) < 4.78 is 0. The highest BCUT2D eigenvalue weighted by molar-refractivity contribution is 7.11. The number of thiophene rings is 1. The first kappa shape index (κ1) is 17.5. The molecular weight excluding hydrogens is 306 g/mol. The minimum absolute atomic E-state index is 0.0593. The molecule has 0 aliphatic carbocycles. The second-order valence-corrected chi connectivity index (χ2v) is 6.75. The van der Waals surface area contributed by atoms with E-state index in [9.17, 15) is 5.11 Å². The Morgan fingerprint density at radius 3 is 2.57 bits per heavy atom. The number of aliphatic hydroxyl groups is 1. The van der Waals surface area contributed by atoms with Crippen LogP contribution in [-0.4, -0.2) is 30.8 Å². The van der Waals surface area contributed by atoms with E-state index in [1.54, 1.807) is 11.3 Å². The van der Waals surface area contributed by atoms with E-state index in [1.165, 1.54) is 9.75 Å². The van der Waals surface area contributed by atoms with Crippen LogP contribution >= 0.6 is 11.3 Å². The molecule has 0 fully saturated rings. The lowest BCUT2D eigenvalue weighted by atomic mass is 10.0. The SMILES string of the molecule is CCNC(=NCc1ccc(C)s1)NCC(CO)c1ccccc1. The maximum absolute atomic E-state index is 9.63. The summed E-state index contributed by atoms with van der Waals surface area (Å²) in [5, 5.41) is 16.2.